The lowest BCUT2D eigenvalue weighted by atomic mass is 9.78. The fourth-order valence-electron chi connectivity index (χ4n) is 5.35. The van der Waals surface area contributed by atoms with Crippen LogP contribution in [0.4, 0.5) is 0 Å². The Morgan fingerprint density at radius 1 is 1.21 bits per heavy atom. The molecule has 1 amide bonds. The number of carbonyl (C=O) groups is 1. The summed E-state index contributed by atoms with van der Waals surface area (Å²) in [7, 11) is 0. The maximum atomic E-state index is 13.3. The Balaban J connectivity index is 1.16. The van der Waals surface area contributed by atoms with Crippen LogP contribution in [0, 0.1) is 0 Å². The molecule has 1 atom stereocenters. The van der Waals surface area contributed by atoms with Gasteiger partial charge in [0.05, 0.1) is 6.10 Å². The second-order valence-electron chi connectivity index (χ2n) is 9.54. The summed E-state index contributed by atoms with van der Waals surface area (Å²) in [6.07, 6.45) is 8.57. The maximum Gasteiger partial charge on any atom is 0.274 e. The Labute approximate surface area is 206 Å². The van der Waals surface area contributed by atoms with E-state index >= 15 is 0 Å². The minimum atomic E-state index is -0.0454. The molecule has 0 aliphatic carbocycles. The van der Waals surface area contributed by atoms with Gasteiger partial charge in [-0.3, -0.25) is 9.20 Å². The Morgan fingerprint density at radius 2 is 2.03 bits per heavy atom. The molecule has 1 N–H and O–H groups in total. The number of halogens is 1. The van der Waals surface area contributed by atoms with E-state index in [0.29, 0.717) is 41.5 Å². The van der Waals surface area contributed by atoms with Crippen LogP contribution in [0.1, 0.15) is 47.3 Å². The number of fused-ring (bicyclic) bond motifs is 2. The average molecular weight is 526 g/mol. The monoisotopic (exact) mass is 525 g/mol. The van der Waals surface area contributed by atoms with Gasteiger partial charge in [0.1, 0.15) is 16.9 Å². The summed E-state index contributed by atoms with van der Waals surface area (Å²) in [5.74, 6) is 0.363. The molecule has 8 nitrogen and oxygen atoms in total. The van der Waals surface area contributed by atoms with E-state index in [9.17, 15) is 4.79 Å². The number of hydrogen-bond donors (Lipinski definition) is 1. The quantitative estimate of drug-likeness (QED) is 0.562. The lowest BCUT2D eigenvalue weighted by molar-refractivity contribution is 0.0625. The summed E-state index contributed by atoms with van der Waals surface area (Å²) in [6, 6.07) is 8.65. The van der Waals surface area contributed by atoms with Gasteiger partial charge in [-0.05, 0) is 59.2 Å². The summed E-state index contributed by atoms with van der Waals surface area (Å²) in [4.78, 5) is 24.3. The maximum absolute atomic E-state index is 13.3. The van der Waals surface area contributed by atoms with Crippen LogP contribution in [0.2, 0.25) is 0 Å². The van der Waals surface area contributed by atoms with Gasteiger partial charge in [0.25, 0.3) is 11.8 Å². The van der Waals surface area contributed by atoms with Crippen LogP contribution in [0.25, 0.3) is 5.65 Å². The molecule has 2 fully saturated rings. The summed E-state index contributed by atoms with van der Waals surface area (Å²) >= 11 is 3.44. The normalized spacial score (nSPS) is 21.7. The van der Waals surface area contributed by atoms with E-state index in [-0.39, 0.29) is 17.6 Å². The van der Waals surface area contributed by atoms with Crippen molar-refractivity contribution in [3.05, 3.63) is 58.1 Å². The van der Waals surface area contributed by atoms with Gasteiger partial charge in [-0.1, -0.05) is 24.3 Å². The average Bonchev–Trinajstić information content (AvgIpc) is 3.52. The first-order valence-electron chi connectivity index (χ1n) is 12.0. The van der Waals surface area contributed by atoms with Crippen molar-refractivity contribution >= 4 is 27.5 Å². The van der Waals surface area contributed by atoms with Gasteiger partial charge in [-0.15, -0.1) is 0 Å². The number of nitrogens with one attached hydrogen (secondary N) is 1. The van der Waals surface area contributed by atoms with Crippen molar-refractivity contribution < 1.29 is 14.3 Å². The minimum Gasteiger partial charge on any atom is -0.472 e. The van der Waals surface area contributed by atoms with Gasteiger partial charge in [0, 0.05) is 44.2 Å². The van der Waals surface area contributed by atoms with Crippen molar-refractivity contribution in [3.8, 4) is 5.88 Å². The molecule has 9 heteroatoms. The van der Waals surface area contributed by atoms with E-state index in [1.165, 1.54) is 11.1 Å². The summed E-state index contributed by atoms with van der Waals surface area (Å²) < 4.78 is 14.0. The molecule has 0 saturated carbocycles. The van der Waals surface area contributed by atoms with Gasteiger partial charge in [0.15, 0.2) is 0 Å². The third-order valence-corrected chi connectivity index (χ3v) is 7.72. The molecule has 0 bridgehead atoms. The van der Waals surface area contributed by atoms with E-state index in [2.05, 4.69) is 55.5 Å². The van der Waals surface area contributed by atoms with Crippen LogP contribution in [0.5, 0.6) is 5.88 Å². The number of piperidine rings is 1. The summed E-state index contributed by atoms with van der Waals surface area (Å²) in [5.41, 5.74) is 3.84. The fraction of sp³-hybridized carbons (Fsp3) is 0.480. The van der Waals surface area contributed by atoms with Crippen LogP contribution < -0.4 is 10.1 Å². The fourth-order valence-corrected chi connectivity index (χ4v) is 5.74. The van der Waals surface area contributed by atoms with Crippen LogP contribution in [-0.2, 0) is 17.7 Å². The lowest BCUT2D eigenvalue weighted by Gasteiger charge is -2.45. The standard InChI is InChI=1S/C25H28BrN5O3/c26-21-15-31-14-20(28-22(31)23(29-21)34-16-19-6-3-11-33-19)24(32)30-9-7-25(8-10-30)12-17-4-1-2-5-18(17)13-27-25/h1-2,4-5,14-15,19,27H,3,6-13,16H2. The second-order valence-corrected chi connectivity index (χ2v) is 10.4. The topological polar surface area (TPSA) is 81.0 Å². The van der Waals surface area contributed by atoms with Crippen molar-refractivity contribution in [2.75, 3.05) is 26.3 Å². The second kappa shape index (κ2) is 8.94. The Hall–Kier alpha value is -2.49. The first-order chi connectivity index (χ1) is 16.6. The molecule has 178 valence electrons. The zero-order valence-corrected chi connectivity index (χ0v) is 20.6. The Kier molecular flexibility index (Phi) is 5.79. The number of imidazole rings is 1. The molecular formula is C25H28BrN5O3. The number of carbonyl (C=O) groups excluding carboxylic acids is 1. The van der Waals surface area contributed by atoms with E-state index in [1.807, 2.05) is 4.90 Å². The van der Waals surface area contributed by atoms with Crippen molar-refractivity contribution in [2.45, 2.75) is 50.3 Å². The summed E-state index contributed by atoms with van der Waals surface area (Å²) in [5, 5.41) is 3.76. The predicted molar refractivity (Wildman–Crippen MR) is 130 cm³/mol. The zero-order chi connectivity index (χ0) is 23.1. The molecule has 2 aromatic heterocycles. The van der Waals surface area contributed by atoms with Crippen LogP contribution in [0.3, 0.4) is 0 Å². The first kappa shape index (κ1) is 22.0. The van der Waals surface area contributed by atoms with E-state index in [1.54, 1.807) is 16.8 Å². The van der Waals surface area contributed by atoms with Gasteiger partial charge in [-0.2, -0.15) is 0 Å². The molecule has 3 aliphatic heterocycles. The molecule has 3 aliphatic rings. The molecule has 3 aromatic rings. The molecule has 6 rings (SSSR count). The van der Waals surface area contributed by atoms with Crippen molar-refractivity contribution in [1.82, 2.24) is 24.6 Å². The number of ether oxygens (including phenoxy) is 2. The number of likely N-dealkylation sites (tertiary alicyclic amines) is 1. The number of amides is 1. The van der Waals surface area contributed by atoms with E-state index in [4.69, 9.17) is 9.47 Å². The van der Waals surface area contributed by atoms with Gasteiger partial charge < -0.3 is 19.7 Å². The molecule has 5 heterocycles. The largest absolute Gasteiger partial charge is 0.472 e. The van der Waals surface area contributed by atoms with Gasteiger partial charge in [-0.25, -0.2) is 9.97 Å². The van der Waals surface area contributed by atoms with Crippen LogP contribution in [-0.4, -0.2) is 63.1 Å². The number of benzene rings is 1. The number of hydrogen-bond acceptors (Lipinski definition) is 6. The third kappa shape index (κ3) is 4.21. The molecular weight excluding hydrogens is 498 g/mol. The Morgan fingerprint density at radius 3 is 2.82 bits per heavy atom. The van der Waals surface area contributed by atoms with Gasteiger partial charge in [0.2, 0.25) is 5.65 Å². The van der Waals surface area contributed by atoms with Crippen molar-refractivity contribution in [1.29, 1.82) is 0 Å². The number of aromatic nitrogens is 3. The van der Waals surface area contributed by atoms with Crippen LogP contribution in [0.15, 0.2) is 41.3 Å². The molecule has 1 unspecified atom stereocenters. The van der Waals surface area contributed by atoms with Crippen LogP contribution >= 0.6 is 15.9 Å². The molecule has 2 saturated heterocycles. The molecule has 34 heavy (non-hydrogen) atoms. The Bertz CT molecular complexity index is 1210. The first-order valence-corrected chi connectivity index (χ1v) is 12.8. The third-order valence-electron chi connectivity index (χ3n) is 7.34. The summed E-state index contributed by atoms with van der Waals surface area (Å²) in [6.45, 7) is 3.53. The molecule has 1 spiro atoms. The predicted octanol–water partition coefficient (Wildman–Crippen LogP) is 3.37. The zero-order valence-electron chi connectivity index (χ0n) is 19.0. The van der Waals surface area contributed by atoms with E-state index < -0.39 is 0 Å². The highest BCUT2D eigenvalue weighted by Crippen LogP contribution is 2.32. The molecule has 1 aromatic carbocycles. The minimum absolute atomic E-state index is 0.0454. The van der Waals surface area contributed by atoms with E-state index in [0.717, 1.165) is 45.3 Å². The molecule has 0 radical (unpaired) electrons. The van der Waals surface area contributed by atoms with Gasteiger partial charge >= 0.3 is 0 Å². The smallest absolute Gasteiger partial charge is 0.274 e. The lowest BCUT2D eigenvalue weighted by Crippen LogP contribution is -2.57. The number of nitrogens with zero attached hydrogens (tertiary/aromatic N) is 4. The SMILES string of the molecule is O=C(c1cn2cc(Br)nc(OCC3CCCO3)c2n1)N1CCC2(CC1)Cc1ccccc1CN2. The number of rotatable bonds is 4. The highest BCUT2D eigenvalue weighted by atomic mass is 79.9. The van der Waals surface area contributed by atoms with Crippen molar-refractivity contribution in [3.63, 3.8) is 0 Å². The van der Waals surface area contributed by atoms with Crippen molar-refractivity contribution in [2.24, 2.45) is 0 Å². The highest BCUT2D eigenvalue weighted by molar-refractivity contribution is 9.10. The highest BCUT2D eigenvalue weighted by Gasteiger charge is 2.38.